The summed E-state index contributed by atoms with van der Waals surface area (Å²) < 4.78 is 10.7. The molecule has 5 nitrogen and oxygen atoms in total. The predicted octanol–water partition coefficient (Wildman–Crippen LogP) is 2.84. The largest absolute Gasteiger partial charge is 0.459 e. The van der Waals surface area contributed by atoms with Crippen molar-refractivity contribution in [2.75, 3.05) is 11.5 Å². The standard InChI is InChI=1S/C13H16N2O3S/c1-13(2,3)18-11(16)7-19-12-15-9-5-4-8(14)6-10(9)17-12/h4-6H,7,14H2,1-3H3. The van der Waals surface area contributed by atoms with Crippen molar-refractivity contribution in [2.24, 2.45) is 0 Å². The molecule has 0 saturated carbocycles. The zero-order chi connectivity index (χ0) is 14.0. The Morgan fingerprint density at radius 2 is 2.21 bits per heavy atom. The number of esters is 1. The summed E-state index contributed by atoms with van der Waals surface area (Å²) in [6.45, 7) is 5.49. The molecule has 19 heavy (non-hydrogen) atoms. The lowest BCUT2D eigenvalue weighted by molar-refractivity contribution is -0.151. The number of nitrogen functional groups attached to an aromatic ring is 1. The maximum Gasteiger partial charge on any atom is 0.316 e. The molecule has 0 unspecified atom stereocenters. The highest BCUT2D eigenvalue weighted by molar-refractivity contribution is 7.99. The highest BCUT2D eigenvalue weighted by Gasteiger charge is 2.17. The van der Waals surface area contributed by atoms with Crippen LogP contribution in [0.3, 0.4) is 0 Å². The van der Waals surface area contributed by atoms with Gasteiger partial charge in [0, 0.05) is 11.8 Å². The molecule has 0 aliphatic heterocycles. The molecular formula is C13H16N2O3S. The Morgan fingerprint density at radius 3 is 2.89 bits per heavy atom. The van der Waals surface area contributed by atoms with Gasteiger partial charge in [0.05, 0.1) is 0 Å². The minimum atomic E-state index is -0.479. The van der Waals surface area contributed by atoms with Crippen LogP contribution in [0.25, 0.3) is 11.1 Å². The molecule has 6 heteroatoms. The van der Waals surface area contributed by atoms with Gasteiger partial charge < -0.3 is 14.9 Å². The molecule has 0 saturated heterocycles. The van der Waals surface area contributed by atoms with Crippen molar-refractivity contribution in [3.8, 4) is 0 Å². The van der Waals surface area contributed by atoms with Gasteiger partial charge in [0.15, 0.2) is 5.58 Å². The molecule has 0 bridgehead atoms. The van der Waals surface area contributed by atoms with Gasteiger partial charge in [-0.25, -0.2) is 4.98 Å². The summed E-state index contributed by atoms with van der Waals surface area (Å²) in [7, 11) is 0. The second-order valence-electron chi connectivity index (χ2n) is 5.08. The Balaban J connectivity index is 2.00. The summed E-state index contributed by atoms with van der Waals surface area (Å²) in [6, 6.07) is 5.25. The van der Waals surface area contributed by atoms with Crippen molar-refractivity contribution in [3.63, 3.8) is 0 Å². The van der Waals surface area contributed by atoms with Gasteiger partial charge in [0.2, 0.25) is 0 Å². The van der Waals surface area contributed by atoms with Gasteiger partial charge in [-0.05, 0) is 32.9 Å². The van der Waals surface area contributed by atoms with Crippen LogP contribution in [0.1, 0.15) is 20.8 Å². The maximum absolute atomic E-state index is 11.6. The van der Waals surface area contributed by atoms with E-state index in [-0.39, 0.29) is 11.7 Å². The zero-order valence-electron chi connectivity index (χ0n) is 11.1. The van der Waals surface area contributed by atoms with Gasteiger partial charge in [0.25, 0.3) is 5.22 Å². The average molecular weight is 280 g/mol. The molecule has 0 atom stereocenters. The first kappa shape index (κ1) is 13.7. The second kappa shape index (κ2) is 5.13. The summed E-state index contributed by atoms with van der Waals surface area (Å²) in [6.07, 6.45) is 0. The predicted molar refractivity (Wildman–Crippen MR) is 75.0 cm³/mol. The quantitative estimate of drug-likeness (QED) is 0.529. The molecule has 2 rings (SSSR count). The van der Waals surface area contributed by atoms with Crippen LogP contribution in [0.5, 0.6) is 0 Å². The average Bonchev–Trinajstić information content (AvgIpc) is 2.66. The number of nitrogens with zero attached hydrogens (tertiary/aromatic N) is 1. The van der Waals surface area contributed by atoms with Gasteiger partial charge in [-0.2, -0.15) is 0 Å². The lowest BCUT2D eigenvalue weighted by Gasteiger charge is -2.18. The number of rotatable bonds is 3. The normalized spacial score (nSPS) is 11.7. The first-order valence-corrected chi connectivity index (χ1v) is 6.83. The highest BCUT2D eigenvalue weighted by Crippen LogP contribution is 2.25. The van der Waals surface area contributed by atoms with Crippen molar-refractivity contribution in [1.82, 2.24) is 4.98 Å². The van der Waals surface area contributed by atoms with E-state index < -0.39 is 5.60 Å². The number of thioether (sulfide) groups is 1. The fourth-order valence-electron chi connectivity index (χ4n) is 1.47. The number of carbonyl (C=O) groups is 1. The summed E-state index contributed by atoms with van der Waals surface area (Å²) in [5.41, 5.74) is 7.14. The third-order valence-corrected chi connectivity index (χ3v) is 2.93. The van der Waals surface area contributed by atoms with Crippen molar-refractivity contribution >= 4 is 34.5 Å². The van der Waals surface area contributed by atoms with E-state index in [4.69, 9.17) is 14.9 Å². The SMILES string of the molecule is CC(C)(C)OC(=O)CSc1nc2ccc(N)cc2o1. The Bertz CT molecular complexity index is 601. The lowest BCUT2D eigenvalue weighted by Crippen LogP contribution is -2.24. The van der Waals surface area contributed by atoms with E-state index in [1.54, 1.807) is 18.2 Å². The van der Waals surface area contributed by atoms with Crippen LogP contribution in [0.2, 0.25) is 0 Å². The number of fused-ring (bicyclic) bond motifs is 1. The third-order valence-electron chi connectivity index (χ3n) is 2.13. The second-order valence-corrected chi connectivity index (χ2v) is 6.01. The number of oxazole rings is 1. The van der Waals surface area contributed by atoms with Gasteiger partial charge in [-0.1, -0.05) is 11.8 Å². The van der Waals surface area contributed by atoms with Gasteiger partial charge in [0.1, 0.15) is 16.9 Å². The summed E-state index contributed by atoms with van der Waals surface area (Å²) in [5.74, 6) is -0.126. The highest BCUT2D eigenvalue weighted by atomic mass is 32.2. The number of hydrogen-bond donors (Lipinski definition) is 1. The molecule has 0 aliphatic rings. The molecule has 0 fully saturated rings. The fourth-order valence-corrected chi connectivity index (χ4v) is 2.09. The molecule has 0 aliphatic carbocycles. The van der Waals surface area contributed by atoms with E-state index in [1.165, 1.54) is 11.8 Å². The van der Waals surface area contributed by atoms with Gasteiger partial charge >= 0.3 is 5.97 Å². The van der Waals surface area contributed by atoms with E-state index in [2.05, 4.69) is 4.98 Å². The number of ether oxygens (including phenoxy) is 1. The first-order chi connectivity index (χ1) is 8.83. The van der Waals surface area contributed by atoms with Crippen LogP contribution in [0, 0.1) is 0 Å². The molecular weight excluding hydrogens is 264 g/mol. The molecule has 2 aromatic rings. The maximum atomic E-state index is 11.6. The summed E-state index contributed by atoms with van der Waals surface area (Å²) >= 11 is 1.21. The number of anilines is 1. The third kappa shape index (κ3) is 3.89. The molecule has 0 spiro atoms. The van der Waals surface area contributed by atoms with Crippen molar-refractivity contribution in [1.29, 1.82) is 0 Å². The van der Waals surface area contributed by atoms with Gasteiger partial charge in [-0.15, -0.1) is 0 Å². The van der Waals surface area contributed by atoms with E-state index in [1.807, 2.05) is 20.8 Å². The summed E-state index contributed by atoms with van der Waals surface area (Å²) in [5, 5.41) is 0.437. The Hall–Kier alpha value is -1.69. The van der Waals surface area contributed by atoms with Crippen LogP contribution < -0.4 is 5.73 Å². The summed E-state index contributed by atoms with van der Waals surface area (Å²) in [4.78, 5) is 15.8. The van der Waals surface area contributed by atoms with Crippen LogP contribution >= 0.6 is 11.8 Å². The lowest BCUT2D eigenvalue weighted by atomic mass is 10.2. The molecule has 1 aromatic carbocycles. The fraction of sp³-hybridized carbons (Fsp3) is 0.385. The topological polar surface area (TPSA) is 78.3 Å². The number of hydrogen-bond acceptors (Lipinski definition) is 6. The Morgan fingerprint density at radius 1 is 1.47 bits per heavy atom. The molecule has 0 radical (unpaired) electrons. The number of nitrogens with two attached hydrogens (primary N) is 1. The van der Waals surface area contributed by atoms with Crippen molar-refractivity contribution in [2.45, 2.75) is 31.6 Å². The monoisotopic (exact) mass is 280 g/mol. The van der Waals surface area contributed by atoms with E-state index in [0.29, 0.717) is 16.5 Å². The van der Waals surface area contributed by atoms with Crippen LogP contribution in [0.15, 0.2) is 27.8 Å². The van der Waals surface area contributed by atoms with E-state index >= 15 is 0 Å². The molecule has 0 amide bonds. The van der Waals surface area contributed by atoms with Gasteiger partial charge in [-0.3, -0.25) is 4.79 Å². The van der Waals surface area contributed by atoms with Crippen LogP contribution in [-0.4, -0.2) is 22.3 Å². The number of carbonyl (C=O) groups excluding carboxylic acids is 1. The molecule has 1 heterocycles. The smallest absolute Gasteiger partial charge is 0.316 e. The first-order valence-electron chi connectivity index (χ1n) is 5.84. The van der Waals surface area contributed by atoms with Crippen LogP contribution in [0.4, 0.5) is 5.69 Å². The molecule has 1 aromatic heterocycles. The minimum absolute atomic E-state index is 0.166. The Kier molecular flexibility index (Phi) is 3.71. The van der Waals surface area contributed by atoms with Crippen molar-refractivity contribution < 1.29 is 13.9 Å². The minimum Gasteiger partial charge on any atom is -0.459 e. The number of aromatic nitrogens is 1. The van der Waals surface area contributed by atoms with Crippen LogP contribution in [-0.2, 0) is 9.53 Å². The molecule has 102 valence electrons. The van der Waals surface area contributed by atoms with E-state index in [9.17, 15) is 4.79 Å². The van der Waals surface area contributed by atoms with E-state index in [0.717, 1.165) is 5.52 Å². The Labute approximate surface area is 115 Å². The number of benzene rings is 1. The van der Waals surface area contributed by atoms with Crippen molar-refractivity contribution in [3.05, 3.63) is 18.2 Å². The zero-order valence-corrected chi connectivity index (χ0v) is 11.9. The molecule has 2 N–H and O–H groups in total.